The molecule has 0 saturated carbocycles. The molecule has 27 nitrogen and oxygen atoms in total. The van der Waals surface area contributed by atoms with Crippen LogP contribution in [-0.4, -0.2) is 77.4 Å². The molecule has 378 valence electrons. The maximum atomic E-state index is 14.9. The fourth-order valence-electron chi connectivity index (χ4n) is 6.41. The number of hydrogen-bond acceptors (Lipinski definition) is 28. The van der Waals surface area contributed by atoms with E-state index < -0.39 is 57.4 Å². The topological polar surface area (TPSA) is 380 Å². The van der Waals surface area contributed by atoms with E-state index in [0.717, 1.165) is 12.1 Å². The van der Waals surface area contributed by atoms with Crippen molar-refractivity contribution >= 4 is 134 Å². The molecule has 0 saturated heterocycles. The lowest BCUT2D eigenvalue weighted by Gasteiger charge is -2.12. The van der Waals surface area contributed by atoms with Crippen molar-refractivity contribution in [3.63, 3.8) is 0 Å². The molecule has 0 fully saturated rings. The van der Waals surface area contributed by atoms with Crippen LogP contribution in [0.4, 0.5) is 50.4 Å². The molecule has 1 aromatic heterocycles. The molecule has 6 aromatic carbocycles. The fourth-order valence-corrected chi connectivity index (χ4v) is 10.0. The predicted molar refractivity (Wildman–Crippen MR) is 252 cm³/mol. The zero-order chi connectivity index (χ0) is 51.6. The van der Waals surface area contributed by atoms with E-state index in [-0.39, 0.29) is 69.4 Å². The number of halogens is 1. The number of azo groups is 2. The summed E-state index contributed by atoms with van der Waals surface area (Å²) in [5, 5.41) is 60.8. The first-order valence-electron chi connectivity index (χ1n) is 19.3. The largest absolute Gasteiger partial charge is 0.324 e. The fraction of sp³-hybridized carbons (Fsp3) is 0.0789. The lowest BCUT2D eigenvalue weighted by Crippen LogP contribution is -2.11. The Morgan fingerprint density at radius 2 is 1.11 bits per heavy atom. The van der Waals surface area contributed by atoms with Gasteiger partial charge in [-0.25, -0.2) is 24.2 Å². The summed E-state index contributed by atoms with van der Waals surface area (Å²) >= 11 is 1.46. The van der Waals surface area contributed by atoms with E-state index in [9.17, 15) is 38.7 Å². The van der Waals surface area contributed by atoms with Crippen LogP contribution in [0.3, 0.4) is 0 Å². The van der Waals surface area contributed by atoms with E-state index in [0.29, 0.717) is 55.7 Å². The van der Waals surface area contributed by atoms with Crippen LogP contribution >= 0.6 is 36.4 Å². The summed E-state index contributed by atoms with van der Waals surface area (Å²) in [4.78, 5) is 10.9. The molecule has 0 amide bonds. The predicted octanol–water partition coefficient (Wildman–Crippen LogP) is 10.1. The third-order valence-electron chi connectivity index (χ3n) is 9.44. The molecule has 0 aliphatic rings. The van der Waals surface area contributed by atoms with E-state index in [2.05, 4.69) is 74.2 Å². The molecule has 0 spiro atoms. The zero-order valence-electron chi connectivity index (χ0n) is 35.7. The summed E-state index contributed by atoms with van der Waals surface area (Å²) in [6.07, 6.45) is -1.18. The highest BCUT2D eigenvalue weighted by molar-refractivity contribution is 7.94. The van der Waals surface area contributed by atoms with Crippen LogP contribution in [0.25, 0.3) is 21.5 Å². The van der Waals surface area contributed by atoms with Gasteiger partial charge in [0.15, 0.2) is 22.2 Å². The van der Waals surface area contributed by atoms with Crippen molar-refractivity contribution in [1.29, 1.82) is 0 Å². The molecule has 7 aromatic rings. The Balaban J connectivity index is 1.20. The molecule has 1 heterocycles. The molecule has 0 bridgehead atoms. The smallest absolute Gasteiger partial charge is 0.315 e. The van der Waals surface area contributed by atoms with Crippen molar-refractivity contribution in [2.75, 3.05) is 23.0 Å². The average Bonchev–Trinajstić information content (AvgIpc) is 3.33. The van der Waals surface area contributed by atoms with Gasteiger partial charge in [0.2, 0.25) is 11.9 Å². The summed E-state index contributed by atoms with van der Waals surface area (Å²) in [6.45, 7) is 0.899. The van der Waals surface area contributed by atoms with Crippen LogP contribution in [-0.2, 0) is 62.4 Å². The number of aryl methyl sites for hydroxylation is 1. The number of fused-ring (bicyclic) bond motifs is 2. The minimum atomic E-state index is -4.98. The van der Waals surface area contributed by atoms with Crippen molar-refractivity contribution in [3.05, 3.63) is 109 Å². The molecule has 7 rings (SSSR count). The van der Waals surface area contributed by atoms with Gasteiger partial charge in [0.05, 0.1) is 63.3 Å². The Morgan fingerprint density at radius 3 is 1.69 bits per heavy atom. The van der Waals surface area contributed by atoms with Gasteiger partial charge < -0.3 is 10.6 Å². The standard InChI is InChI=1S/C38H30FN9O18S6/c1-20-16-35(72(57,58)59)33(19-34(20)71(54,55)56)48-47-32-13-12-30(26-9-5-23(18-28(26)32)68-65-62-50)45-46-31-11-10-29(25-8-4-22(17-27(25)31)67-64-61-49)41-38-43-36(39)42-37(44-38)40-21-2-6-24(7-3-21)70(52,53)15-14-60-69-66-63-51/h2-13,16-19,49-51H,14-15H2,1H3,(H,54,55,56)(H,57,58,59)(H2,40,41,42,43,44). The SMILES string of the molecule is Cc1cc(S(=O)(=O)O)c(N=Nc2ccc(N=Nc3ccc(Nc4nc(F)nc(Nc5ccc(S(=O)(=O)CCOSOOO)cc5)n4)c4ccc(SOOO)cc34)c3ccc(SOOO)cc23)cc1S(=O)(=O)O. The van der Waals surface area contributed by atoms with E-state index in [4.69, 9.17) is 20.0 Å². The molecule has 34 heteroatoms. The van der Waals surface area contributed by atoms with E-state index in [1.165, 1.54) is 49.4 Å². The first-order chi connectivity index (χ1) is 34.4. The average molecular weight is 1110 g/mol. The number of nitrogens with one attached hydrogen (secondary N) is 2. The number of aromatic nitrogens is 3. The quantitative estimate of drug-likeness (QED) is 0.00781. The number of sulfone groups is 1. The van der Waals surface area contributed by atoms with E-state index in [1.54, 1.807) is 42.5 Å². The minimum Gasteiger partial charge on any atom is -0.324 e. The molecular formula is C38H30FN9O18S6. The van der Waals surface area contributed by atoms with Crippen LogP contribution in [0.15, 0.2) is 142 Å². The summed E-state index contributed by atoms with van der Waals surface area (Å²) in [5.41, 5.74) is 0.294. The molecule has 0 aliphatic heterocycles. The van der Waals surface area contributed by atoms with Crippen molar-refractivity contribution < 1.29 is 86.8 Å². The summed E-state index contributed by atoms with van der Waals surface area (Å²) in [7, 11) is -13.7. The van der Waals surface area contributed by atoms with Gasteiger partial charge in [0, 0.05) is 42.7 Å². The Labute approximate surface area is 417 Å². The molecule has 72 heavy (non-hydrogen) atoms. The van der Waals surface area contributed by atoms with Gasteiger partial charge in [-0.15, -0.1) is 33.5 Å². The number of benzene rings is 6. The maximum Gasteiger partial charge on any atom is 0.315 e. The lowest BCUT2D eigenvalue weighted by molar-refractivity contribution is -0.434. The highest BCUT2D eigenvalue weighted by Gasteiger charge is 2.23. The van der Waals surface area contributed by atoms with E-state index in [1.807, 2.05) is 0 Å². The van der Waals surface area contributed by atoms with Crippen LogP contribution in [0.1, 0.15) is 5.56 Å². The highest BCUT2D eigenvalue weighted by Crippen LogP contribution is 2.41. The van der Waals surface area contributed by atoms with Crippen molar-refractivity contribution in [2.24, 2.45) is 20.5 Å². The van der Waals surface area contributed by atoms with Crippen molar-refractivity contribution in [3.8, 4) is 0 Å². The minimum absolute atomic E-state index is 0.0400. The lowest BCUT2D eigenvalue weighted by atomic mass is 10.1. The Kier molecular flexibility index (Phi) is 17.7. The number of anilines is 4. The number of hydrogen-bond donors (Lipinski definition) is 7. The summed E-state index contributed by atoms with van der Waals surface area (Å²) in [5.74, 6) is -0.940. The maximum absolute atomic E-state index is 14.9. The third-order valence-corrected chi connectivity index (χ3v) is 14.5. The second-order valence-corrected chi connectivity index (χ2v) is 20.9. The van der Waals surface area contributed by atoms with Gasteiger partial charge in [0.25, 0.3) is 20.2 Å². The van der Waals surface area contributed by atoms with Gasteiger partial charge >= 0.3 is 6.08 Å². The van der Waals surface area contributed by atoms with Crippen LogP contribution < -0.4 is 10.6 Å². The van der Waals surface area contributed by atoms with Crippen molar-refractivity contribution in [1.82, 2.24) is 15.0 Å². The highest BCUT2D eigenvalue weighted by atomic mass is 32.2. The van der Waals surface area contributed by atoms with Crippen LogP contribution in [0.5, 0.6) is 0 Å². The number of nitrogens with zero attached hydrogens (tertiary/aromatic N) is 7. The Morgan fingerprint density at radius 1 is 0.583 bits per heavy atom. The van der Waals surface area contributed by atoms with Crippen molar-refractivity contribution in [2.45, 2.75) is 31.4 Å². The van der Waals surface area contributed by atoms with E-state index >= 15 is 0 Å². The summed E-state index contributed by atoms with van der Waals surface area (Å²) in [6, 6.07) is 22.3. The first-order valence-corrected chi connectivity index (χ1v) is 26.0. The number of rotatable bonds is 23. The monoisotopic (exact) mass is 1110 g/mol. The van der Waals surface area contributed by atoms with Crippen LogP contribution in [0, 0.1) is 13.0 Å². The zero-order valence-corrected chi connectivity index (χ0v) is 40.6. The molecule has 0 atom stereocenters. The first kappa shape index (κ1) is 53.8. The Bertz CT molecular complexity index is 3550. The van der Waals surface area contributed by atoms with Gasteiger partial charge in [-0.1, -0.05) is 27.2 Å². The third kappa shape index (κ3) is 13.7. The molecule has 0 aliphatic carbocycles. The normalized spacial score (nSPS) is 12.4. The van der Waals surface area contributed by atoms with Gasteiger partial charge in [-0.05, 0) is 97.4 Å². The molecule has 7 N–H and O–H groups in total. The Hall–Kier alpha value is -6.00. The molecule has 0 unspecified atom stereocenters. The van der Waals surface area contributed by atoms with Gasteiger partial charge in [0.1, 0.15) is 10.6 Å². The second-order valence-electron chi connectivity index (χ2n) is 13.9. The summed E-state index contributed by atoms with van der Waals surface area (Å²) < 4.78 is 127. The van der Waals surface area contributed by atoms with Gasteiger partial charge in [-0.3, -0.25) is 13.3 Å². The van der Waals surface area contributed by atoms with Crippen LogP contribution in [0.2, 0.25) is 0 Å². The molecule has 0 radical (unpaired) electrons. The van der Waals surface area contributed by atoms with Gasteiger partial charge in [-0.2, -0.15) is 36.2 Å². The molecular weight excluding hydrogens is 1080 g/mol. The second kappa shape index (κ2) is 23.7.